The summed E-state index contributed by atoms with van der Waals surface area (Å²) in [5.74, 6) is -1.77. The number of benzene rings is 2. The minimum absolute atomic E-state index is 0.400. The van der Waals surface area contributed by atoms with Gasteiger partial charge in [0.05, 0.1) is 31.3 Å². The Balaban J connectivity index is 1.85. The highest BCUT2D eigenvalue weighted by Crippen LogP contribution is 2.51. The van der Waals surface area contributed by atoms with Crippen molar-refractivity contribution in [2.75, 3.05) is 0 Å². The highest BCUT2D eigenvalue weighted by molar-refractivity contribution is 6.37. The van der Waals surface area contributed by atoms with Crippen molar-refractivity contribution in [2.24, 2.45) is 0 Å². The average Bonchev–Trinajstić information content (AvgIpc) is 2.95. The molecule has 2 N–H and O–H groups in total. The Morgan fingerprint density at radius 2 is 0.978 bits per heavy atom. The van der Waals surface area contributed by atoms with Crippen LogP contribution in [0.15, 0.2) is 92.3 Å². The molecule has 2 aliphatic carbocycles. The van der Waals surface area contributed by atoms with E-state index in [0.717, 1.165) is 36.4 Å². The van der Waals surface area contributed by atoms with Crippen molar-refractivity contribution in [3.05, 3.63) is 135 Å². The van der Waals surface area contributed by atoms with Gasteiger partial charge in [-0.25, -0.2) is 0 Å². The summed E-state index contributed by atoms with van der Waals surface area (Å²) in [5.41, 5.74) is -11.4. The normalized spacial score (nSPS) is 26.0. The molecular formula is C26H14Cl4F6N2O7. The highest BCUT2D eigenvalue weighted by Gasteiger charge is 2.60. The van der Waals surface area contributed by atoms with E-state index in [0.29, 0.717) is 24.3 Å². The van der Waals surface area contributed by atoms with Gasteiger partial charge < -0.3 is 14.9 Å². The van der Waals surface area contributed by atoms with Crippen LogP contribution in [-0.4, -0.2) is 32.3 Å². The number of alkyl halides is 6. The van der Waals surface area contributed by atoms with Crippen LogP contribution in [0.2, 0.25) is 0 Å². The molecule has 45 heavy (non-hydrogen) atoms. The second-order valence-electron chi connectivity index (χ2n) is 9.50. The van der Waals surface area contributed by atoms with Crippen LogP contribution >= 0.6 is 46.4 Å². The van der Waals surface area contributed by atoms with Crippen molar-refractivity contribution in [3.63, 3.8) is 0 Å². The molecular weight excluding hydrogens is 708 g/mol. The molecule has 0 aromatic heterocycles. The van der Waals surface area contributed by atoms with Gasteiger partial charge in [0.15, 0.2) is 23.7 Å². The largest absolute Gasteiger partial charge is 0.452 e. The summed E-state index contributed by atoms with van der Waals surface area (Å²) in [5, 5.41) is 42.7. The quantitative estimate of drug-likeness (QED) is 0.182. The number of hydrogen-bond acceptors (Lipinski definition) is 7. The third kappa shape index (κ3) is 5.55. The Hall–Kier alpha value is -3.34. The van der Waals surface area contributed by atoms with Crippen LogP contribution in [0.4, 0.5) is 26.3 Å². The molecule has 0 fully saturated rings. The van der Waals surface area contributed by atoms with Crippen molar-refractivity contribution in [1.29, 1.82) is 0 Å². The summed E-state index contributed by atoms with van der Waals surface area (Å²) in [6.07, 6.45) is -14.7. The lowest BCUT2D eigenvalue weighted by molar-refractivity contribution is -0.575. The maximum absolute atomic E-state index is 13.8. The van der Waals surface area contributed by atoms with E-state index < -0.39 is 99.4 Å². The van der Waals surface area contributed by atoms with Gasteiger partial charge in [0.2, 0.25) is 0 Å². The van der Waals surface area contributed by atoms with Crippen molar-refractivity contribution in [1.82, 2.24) is 0 Å². The lowest BCUT2D eigenvalue weighted by atomic mass is 9.78. The molecule has 2 aliphatic rings. The fourth-order valence-corrected chi connectivity index (χ4v) is 6.27. The summed E-state index contributed by atoms with van der Waals surface area (Å²) in [7, 11) is 0. The van der Waals surface area contributed by atoms with Crippen molar-refractivity contribution >= 4 is 46.4 Å². The van der Waals surface area contributed by atoms with E-state index in [2.05, 4.69) is 0 Å². The summed E-state index contributed by atoms with van der Waals surface area (Å²) < 4.78 is 88.2. The third-order valence-electron chi connectivity index (χ3n) is 7.01. The Morgan fingerprint density at radius 3 is 1.27 bits per heavy atom. The van der Waals surface area contributed by atoms with Crippen LogP contribution in [0.3, 0.4) is 0 Å². The zero-order valence-electron chi connectivity index (χ0n) is 21.5. The first-order valence-electron chi connectivity index (χ1n) is 12.0. The van der Waals surface area contributed by atoms with E-state index in [4.69, 9.17) is 51.1 Å². The number of nitro groups is 2. The van der Waals surface area contributed by atoms with Gasteiger partial charge in [0.25, 0.3) is 11.1 Å². The molecule has 0 aliphatic heterocycles. The summed E-state index contributed by atoms with van der Waals surface area (Å²) in [4.78, 5) is 22.0. The minimum atomic E-state index is -5.13. The maximum Gasteiger partial charge on any atom is 0.416 e. The molecule has 19 heteroatoms. The maximum atomic E-state index is 13.8. The highest BCUT2D eigenvalue weighted by atomic mass is 35.5. The van der Waals surface area contributed by atoms with Crippen molar-refractivity contribution in [2.45, 2.75) is 35.6 Å². The number of rotatable bonds is 6. The first-order chi connectivity index (χ1) is 20.7. The Labute approximate surface area is 267 Å². The van der Waals surface area contributed by atoms with E-state index in [1.54, 1.807) is 0 Å². The Bertz CT molecular complexity index is 1600. The SMILES string of the molecule is O=[N+]([O-])C1(c2ccccc2C(F)(F)F)C=C(Cl)C(OC2=C(Cl)C(O)C(c3ccccc3C(F)(F)F)([N+](=O)[O-])C=C2Cl)=C(Cl)C1O. The number of hydrogen-bond donors (Lipinski definition) is 2. The van der Waals surface area contributed by atoms with Gasteiger partial charge in [-0.1, -0.05) is 82.8 Å². The molecule has 4 unspecified atom stereocenters. The molecule has 0 amide bonds. The van der Waals surface area contributed by atoms with Crippen LogP contribution in [0.1, 0.15) is 22.3 Å². The smallest absolute Gasteiger partial charge is 0.416 e. The molecule has 0 bridgehead atoms. The number of halogens is 10. The standard InChI is InChI=1S/C26H14Cl4F6N2O7/c27-15-9-23(37(41)42,11-5-1-3-7-13(11)25(31,32)33)21(39)17(29)19(15)45-20-16(28)10-24(38(43)44,22(40)18(20)30)12-6-2-4-8-14(12)26(34,35)36/h1-10,21-22,39-40H. The number of aliphatic hydroxyl groups is 2. The van der Waals surface area contributed by atoms with Gasteiger partial charge in [0.1, 0.15) is 0 Å². The fourth-order valence-electron chi connectivity index (χ4n) is 4.95. The number of aliphatic hydroxyl groups excluding tert-OH is 2. The molecule has 0 radical (unpaired) electrons. The number of ether oxygens (including phenoxy) is 1. The first-order valence-corrected chi connectivity index (χ1v) is 13.5. The molecule has 2 aromatic carbocycles. The lowest BCUT2D eigenvalue weighted by Crippen LogP contribution is -2.49. The summed E-state index contributed by atoms with van der Waals surface area (Å²) in [6, 6.07) is 6.45. The molecule has 0 heterocycles. The van der Waals surface area contributed by atoms with Gasteiger partial charge in [-0.05, 0) is 12.1 Å². The second-order valence-corrected chi connectivity index (χ2v) is 11.1. The number of allylic oxidation sites excluding steroid dienone is 2. The number of nitrogens with zero attached hydrogens (tertiary/aromatic N) is 2. The van der Waals surface area contributed by atoms with E-state index in [9.17, 15) is 56.8 Å². The monoisotopic (exact) mass is 720 g/mol. The van der Waals surface area contributed by atoms with Crippen LogP contribution in [-0.2, 0) is 28.2 Å². The van der Waals surface area contributed by atoms with Crippen molar-refractivity contribution < 1.29 is 51.1 Å². The zero-order valence-corrected chi connectivity index (χ0v) is 24.6. The fraction of sp³-hybridized carbons (Fsp3) is 0.231. The van der Waals surface area contributed by atoms with E-state index >= 15 is 0 Å². The summed E-state index contributed by atoms with van der Waals surface area (Å²) in [6.45, 7) is 0. The predicted molar refractivity (Wildman–Crippen MR) is 147 cm³/mol. The average molecular weight is 722 g/mol. The van der Waals surface area contributed by atoms with Crippen LogP contribution in [0.25, 0.3) is 0 Å². The van der Waals surface area contributed by atoms with Crippen molar-refractivity contribution in [3.8, 4) is 0 Å². The molecule has 0 saturated carbocycles. The first kappa shape index (κ1) is 34.5. The van der Waals surface area contributed by atoms with Crippen LogP contribution < -0.4 is 0 Å². The molecule has 240 valence electrons. The predicted octanol–water partition coefficient (Wildman–Crippen LogP) is 7.28. The Kier molecular flexibility index (Phi) is 9.05. The van der Waals surface area contributed by atoms with E-state index in [1.165, 1.54) is 0 Å². The Morgan fingerprint density at radius 1 is 0.667 bits per heavy atom. The van der Waals surface area contributed by atoms with Gasteiger partial charge >= 0.3 is 12.4 Å². The van der Waals surface area contributed by atoms with Gasteiger partial charge in [-0.15, -0.1) is 0 Å². The molecule has 0 spiro atoms. The second kappa shape index (κ2) is 11.8. The van der Waals surface area contributed by atoms with Gasteiger partial charge in [-0.2, -0.15) is 26.3 Å². The zero-order chi connectivity index (χ0) is 33.9. The lowest BCUT2D eigenvalue weighted by Gasteiger charge is -2.35. The molecule has 0 saturated heterocycles. The molecule has 9 nitrogen and oxygen atoms in total. The van der Waals surface area contributed by atoms with Crippen LogP contribution in [0, 0.1) is 20.2 Å². The molecule has 4 atom stereocenters. The topological polar surface area (TPSA) is 136 Å². The molecule has 2 aromatic rings. The van der Waals surface area contributed by atoms with E-state index in [1.807, 2.05) is 0 Å². The van der Waals surface area contributed by atoms with Gasteiger partial charge in [0, 0.05) is 33.1 Å². The van der Waals surface area contributed by atoms with Gasteiger partial charge in [-0.3, -0.25) is 20.2 Å². The third-order valence-corrected chi connectivity index (χ3v) is 8.33. The summed E-state index contributed by atoms with van der Waals surface area (Å²) >= 11 is 24.7. The van der Waals surface area contributed by atoms with Crippen LogP contribution in [0.5, 0.6) is 0 Å². The molecule has 4 rings (SSSR count). The van der Waals surface area contributed by atoms with E-state index in [-0.39, 0.29) is 0 Å². The minimum Gasteiger partial charge on any atom is -0.452 e.